The fourth-order valence-corrected chi connectivity index (χ4v) is 3.67. The number of rotatable bonds is 5. The SMILES string of the molecule is Cn1ccnc1Cc1ccccc1.[B]CC(c1cccc(C(F)(F)F)c1)c1cccc(C(F)(F)F)c1. The molecule has 1 heterocycles. The zero-order valence-electron chi connectivity index (χ0n) is 19.4. The fraction of sp³-hybridized carbons (Fsp3) is 0.222. The van der Waals surface area contributed by atoms with Crippen molar-refractivity contribution in [1.82, 2.24) is 9.55 Å². The summed E-state index contributed by atoms with van der Waals surface area (Å²) >= 11 is 0. The average molecular weight is 500 g/mol. The summed E-state index contributed by atoms with van der Waals surface area (Å²) in [5.41, 5.74) is 0.0287. The summed E-state index contributed by atoms with van der Waals surface area (Å²) in [7, 11) is 7.61. The smallest absolute Gasteiger partial charge is 0.338 e. The van der Waals surface area contributed by atoms with Gasteiger partial charge in [-0.2, -0.15) is 26.3 Å². The van der Waals surface area contributed by atoms with E-state index in [2.05, 4.69) is 29.2 Å². The van der Waals surface area contributed by atoms with Crippen LogP contribution in [-0.2, 0) is 25.8 Å². The van der Waals surface area contributed by atoms with E-state index in [-0.39, 0.29) is 17.4 Å². The Balaban J connectivity index is 0.000000233. The first-order chi connectivity index (χ1) is 17.0. The van der Waals surface area contributed by atoms with Gasteiger partial charge < -0.3 is 4.57 Å². The van der Waals surface area contributed by atoms with Crippen LogP contribution in [0.1, 0.15) is 39.6 Å². The molecule has 4 aromatic rings. The van der Waals surface area contributed by atoms with Gasteiger partial charge in [0, 0.05) is 31.8 Å². The molecule has 0 amide bonds. The Morgan fingerprint density at radius 2 is 1.31 bits per heavy atom. The van der Waals surface area contributed by atoms with Crippen molar-refractivity contribution in [2.24, 2.45) is 7.05 Å². The molecule has 0 saturated heterocycles. The Kier molecular flexibility index (Phi) is 8.66. The number of halogens is 6. The zero-order chi connectivity index (χ0) is 26.3. The summed E-state index contributed by atoms with van der Waals surface area (Å²) in [6.07, 6.45) is -4.45. The second-order valence-electron chi connectivity index (χ2n) is 8.15. The molecule has 0 aliphatic heterocycles. The Bertz CT molecular complexity index is 1190. The summed E-state index contributed by atoms with van der Waals surface area (Å²) in [4.78, 5) is 4.27. The number of aryl methyl sites for hydroxylation is 1. The Morgan fingerprint density at radius 3 is 1.72 bits per heavy atom. The summed E-state index contributed by atoms with van der Waals surface area (Å²) < 4.78 is 78.7. The Morgan fingerprint density at radius 1 is 0.778 bits per heavy atom. The highest BCUT2D eigenvalue weighted by molar-refractivity contribution is 6.09. The van der Waals surface area contributed by atoms with Crippen molar-refractivity contribution in [3.63, 3.8) is 0 Å². The average Bonchev–Trinajstić information content (AvgIpc) is 3.24. The standard InChI is InChI=1S/C16H11BF6.C11H12N2/c17-9-14(10-3-1-5-12(7-10)15(18,19)20)11-4-2-6-13(8-11)16(21,22)23;1-13-8-7-12-11(13)9-10-5-3-2-4-6-10/h1-8,14H,9H2;2-8H,9H2,1H3. The van der Waals surface area contributed by atoms with E-state index in [0.717, 1.165) is 36.5 Å². The number of imidazole rings is 1. The maximum absolute atomic E-state index is 12.8. The van der Waals surface area contributed by atoms with Crippen molar-refractivity contribution in [3.8, 4) is 0 Å². The van der Waals surface area contributed by atoms with E-state index in [9.17, 15) is 26.3 Å². The lowest BCUT2D eigenvalue weighted by Gasteiger charge is -2.19. The van der Waals surface area contributed by atoms with Crippen molar-refractivity contribution < 1.29 is 26.3 Å². The largest absolute Gasteiger partial charge is 0.416 e. The lowest BCUT2D eigenvalue weighted by molar-refractivity contribution is -0.138. The van der Waals surface area contributed by atoms with E-state index >= 15 is 0 Å². The van der Waals surface area contributed by atoms with E-state index in [1.807, 2.05) is 30.1 Å². The number of hydrogen-bond donors (Lipinski definition) is 0. The fourth-order valence-electron chi connectivity index (χ4n) is 3.67. The number of aromatic nitrogens is 2. The maximum Gasteiger partial charge on any atom is 0.416 e. The molecule has 2 radical (unpaired) electrons. The second-order valence-corrected chi connectivity index (χ2v) is 8.15. The first-order valence-electron chi connectivity index (χ1n) is 11.0. The minimum atomic E-state index is -4.52. The van der Waals surface area contributed by atoms with Crippen molar-refractivity contribution in [3.05, 3.63) is 125 Å². The van der Waals surface area contributed by atoms with E-state index < -0.39 is 29.4 Å². The summed E-state index contributed by atoms with van der Waals surface area (Å²) in [6, 6.07) is 19.3. The molecule has 186 valence electrons. The minimum absolute atomic E-state index is 0.109. The van der Waals surface area contributed by atoms with Crippen LogP contribution in [0.5, 0.6) is 0 Å². The number of hydrogen-bond acceptors (Lipinski definition) is 1. The molecule has 0 atom stereocenters. The summed E-state index contributed by atoms with van der Waals surface area (Å²) in [6.45, 7) is 0. The molecule has 0 bridgehead atoms. The summed E-state index contributed by atoms with van der Waals surface area (Å²) in [5, 5.41) is 0. The van der Waals surface area contributed by atoms with E-state index in [0.29, 0.717) is 0 Å². The molecule has 0 saturated carbocycles. The van der Waals surface area contributed by atoms with Crippen molar-refractivity contribution in [2.45, 2.75) is 31.0 Å². The molecule has 9 heteroatoms. The molecule has 4 rings (SSSR count). The molecule has 0 unspecified atom stereocenters. The van der Waals surface area contributed by atoms with Crippen LogP contribution in [0.2, 0.25) is 6.32 Å². The minimum Gasteiger partial charge on any atom is -0.338 e. The highest BCUT2D eigenvalue weighted by atomic mass is 19.4. The molecule has 0 aliphatic carbocycles. The van der Waals surface area contributed by atoms with Crippen LogP contribution < -0.4 is 0 Å². The van der Waals surface area contributed by atoms with E-state index in [1.165, 1.54) is 29.8 Å². The predicted octanol–water partition coefficient (Wildman–Crippen LogP) is 7.45. The highest BCUT2D eigenvalue weighted by Gasteiger charge is 2.32. The van der Waals surface area contributed by atoms with Gasteiger partial charge in [-0.1, -0.05) is 73.1 Å². The van der Waals surface area contributed by atoms with E-state index in [1.54, 1.807) is 0 Å². The first-order valence-corrected chi connectivity index (χ1v) is 11.0. The van der Waals surface area contributed by atoms with Gasteiger partial charge in [0.05, 0.1) is 19.0 Å². The first kappa shape index (κ1) is 27.1. The van der Waals surface area contributed by atoms with Crippen molar-refractivity contribution in [1.29, 1.82) is 0 Å². The van der Waals surface area contributed by atoms with Gasteiger partial charge in [-0.15, -0.1) is 0 Å². The van der Waals surface area contributed by atoms with Gasteiger partial charge in [0.25, 0.3) is 0 Å². The number of alkyl halides is 6. The van der Waals surface area contributed by atoms with Crippen LogP contribution in [0.3, 0.4) is 0 Å². The highest BCUT2D eigenvalue weighted by Crippen LogP contribution is 2.36. The molecule has 0 fully saturated rings. The van der Waals surface area contributed by atoms with Gasteiger partial charge in [-0.3, -0.25) is 0 Å². The third-order valence-electron chi connectivity index (χ3n) is 5.59. The molecule has 0 spiro atoms. The quantitative estimate of drug-likeness (QED) is 0.206. The number of nitrogens with zero attached hydrogens (tertiary/aromatic N) is 2. The van der Waals surface area contributed by atoms with Crippen LogP contribution in [0, 0.1) is 0 Å². The normalized spacial score (nSPS) is 11.8. The van der Waals surface area contributed by atoms with Gasteiger partial charge >= 0.3 is 12.4 Å². The lowest BCUT2D eigenvalue weighted by Crippen LogP contribution is -2.09. The van der Waals surface area contributed by atoms with Gasteiger partial charge in [0.15, 0.2) is 0 Å². The predicted molar refractivity (Wildman–Crippen MR) is 128 cm³/mol. The van der Waals surface area contributed by atoms with Crippen LogP contribution in [0.15, 0.2) is 91.3 Å². The third kappa shape index (κ3) is 7.26. The lowest BCUT2D eigenvalue weighted by atomic mass is 9.80. The van der Waals surface area contributed by atoms with Gasteiger partial charge in [0.2, 0.25) is 0 Å². The van der Waals surface area contributed by atoms with Crippen molar-refractivity contribution in [2.75, 3.05) is 0 Å². The zero-order valence-corrected chi connectivity index (χ0v) is 19.4. The Hall–Kier alpha value is -3.49. The molecule has 1 aromatic heterocycles. The monoisotopic (exact) mass is 500 g/mol. The Labute approximate surface area is 207 Å². The third-order valence-corrected chi connectivity index (χ3v) is 5.59. The molecule has 0 aliphatic rings. The number of benzene rings is 3. The van der Waals surface area contributed by atoms with Crippen LogP contribution in [0.4, 0.5) is 26.3 Å². The molecule has 36 heavy (non-hydrogen) atoms. The molecular weight excluding hydrogens is 477 g/mol. The molecule has 0 N–H and O–H groups in total. The topological polar surface area (TPSA) is 17.8 Å². The van der Waals surface area contributed by atoms with Gasteiger partial charge in [0.1, 0.15) is 5.82 Å². The van der Waals surface area contributed by atoms with Crippen molar-refractivity contribution >= 4 is 7.85 Å². The van der Waals surface area contributed by atoms with Crippen LogP contribution in [0.25, 0.3) is 0 Å². The summed E-state index contributed by atoms with van der Waals surface area (Å²) in [5.74, 6) is 0.353. The maximum atomic E-state index is 12.8. The molecular formula is C27H23BF6N2. The molecule has 3 aromatic carbocycles. The van der Waals surface area contributed by atoms with Crippen LogP contribution in [-0.4, -0.2) is 17.4 Å². The van der Waals surface area contributed by atoms with Gasteiger partial charge in [-0.05, 0) is 28.8 Å². The van der Waals surface area contributed by atoms with Crippen LogP contribution >= 0.6 is 0 Å². The molecule has 2 nitrogen and oxygen atoms in total. The van der Waals surface area contributed by atoms with E-state index in [4.69, 9.17) is 7.85 Å². The van der Waals surface area contributed by atoms with Gasteiger partial charge in [-0.25, -0.2) is 4.98 Å². The second kappa shape index (κ2) is 11.5.